The predicted molar refractivity (Wildman–Crippen MR) is 58.7 cm³/mol. The first-order valence-electron chi connectivity index (χ1n) is 4.17. The zero-order chi connectivity index (χ0) is 8.81. The molecule has 0 spiro atoms. The molecule has 0 saturated carbocycles. The van der Waals surface area contributed by atoms with Crippen molar-refractivity contribution in [2.75, 3.05) is 5.75 Å². The fraction of sp³-hybridized carbons (Fsp3) is 0.273. The summed E-state index contributed by atoms with van der Waals surface area (Å²) in [5, 5.41) is 0. The molecule has 0 bridgehead atoms. The largest absolute Gasteiger partial charge is 0.179 e. The van der Waals surface area contributed by atoms with Crippen molar-refractivity contribution in [2.45, 2.75) is 13.3 Å². The van der Waals surface area contributed by atoms with Crippen LogP contribution in [0.25, 0.3) is 6.08 Å². The molecule has 0 atom stereocenters. The van der Waals surface area contributed by atoms with Gasteiger partial charge in [0.25, 0.3) is 0 Å². The summed E-state index contributed by atoms with van der Waals surface area (Å²) >= 11 is 4.14. The van der Waals surface area contributed by atoms with Gasteiger partial charge in [-0.1, -0.05) is 42.0 Å². The average molecular weight is 178 g/mol. The molecule has 0 aliphatic heterocycles. The molecule has 0 N–H and O–H groups in total. The molecule has 0 unspecified atom stereocenters. The number of allylic oxidation sites excluding steroid dienone is 1. The van der Waals surface area contributed by atoms with Crippen LogP contribution in [0.1, 0.15) is 17.5 Å². The van der Waals surface area contributed by atoms with Gasteiger partial charge in [-0.05, 0) is 24.7 Å². The summed E-state index contributed by atoms with van der Waals surface area (Å²) in [5.41, 5.74) is 2.58. The summed E-state index contributed by atoms with van der Waals surface area (Å²) in [4.78, 5) is 0. The maximum absolute atomic E-state index is 4.14. The molecule has 0 fully saturated rings. The Kier molecular flexibility index (Phi) is 3.95. The van der Waals surface area contributed by atoms with Gasteiger partial charge in [0, 0.05) is 0 Å². The monoisotopic (exact) mass is 178 g/mol. The number of rotatable bonds is 3. The van der Waals surface area contributed by atoms with Crippen LogP contribution in [0, 0.1) is 6.92 Å². The summed E-state index contributed by atoms with van der Waals surface area (Å²) in [6.45, 7) is 2.11. The predicted octanol–water partition coefficient (Wildman–Crippen LogP) is 3.33. The number of hydrogen-bond donors (Lipinski definition) is 1. The minimum atomic E-state index is 0.919. The molecule has 0 saturated heterocycles. The molecule has 12 heavy (non-hydrogen) atoms. The summed E-state index contributed by atoms with van der Waals surface area (Å²) in [7, 11) is 0. The second-order valence-corrected chi connectivity index (χ2v) is 3.28. The molecule has 0 nitrogen and oxygen atoms in total. The van der Waals surface area contributed by atoms with Gasteiger partial charge in [-0.25, -0.2) is 0 Å². The van der Waals surface area contributed by atoms with Crippen molar-refractivity contribution >= 4 is 18.7 Å². The third-order valence-corrected chi connectivity index (χ3v) is 1.91. The average Bonchev–Trinajstić information content (AvgIpc) is 2.05. The molecule has 0 aliphatic carbocycles. The van der Waals surface area contributed by atoms with Gasteiger partial charge in [0.15, 0.2) is 0 Å². The minimum Gasteiger partial charge on any atom is -0.179 e. The van der Waals surface area contributed by atoms with Crippen molar-refractivity contribution in [3.05, 3.63) is 41.5 Å². The highest BCUT2D eigenvalue weighted by Gasteiger charge is 1.85. The standard InChI is InChI=1S/C11H14S/c1-10-5-4-7-11(9-10)6-2-3-8-12/h2,4-7,9,12H,3,8H2,1H3. The van der Waals surface area contributed by atoms with E-state index in [2.05, 4.69) is 56.0 Å². The Balaban J connectivity index is 2.63. The number of aryl methyl sites for hydroxylation is 1. The summed E-state index contributed by atoms with van der Waals surface area (Å²) in [5.74, 6) is 0.919. The molecular formula is C11H14S. The van der Waals surface area contributed by atoms with Crippen LogP contribution < -0.4 is 0 Å². The molecule has 0 aromatic heterocycles. The van der Waals surface area contributed by atoms with Crippen molar-refractivity contribution in [1.82, 2.24) is 0 Å². The zero-order valence-electron chi connectivity index (χ0n) is 7.33. The van der Waals surface area contributed by atoms with Crippen LogP contribution >= 0.6 is 12.6 Å². The van der Waals surface area contributed by atoms with Gasteiger partial charge in [-0.3, -0.25) is 0 Å². The van der Waals surface area contributed by atoms with E-state index in [0.29, 0.717) is 0 Å². The molecule has 0 radical (unpaired) electrons. The summed E-state index contributed by atoms with van der Waals surface area (Å²) < 4.78 is 0. The third-order valence-electron chi connectivity index (χ3n) is 1.65. The molecule has 0 heterocycles. The maximum Gasteiger partial charge on any atom is -0.00632 e. The lowest BCUT2D eigenvalue weighted by Crippen LogP contribution is -1.74. The second kappa shape index (κ2) is 5.04. The van der Waals surface area contributed by atoms with E-state index in [1.165, 1.54) is 11.1 Å². The normalized spacial score (nSPS) is 10.8. The quantitative estimate of drug-likeness (QED) is 0.674. The van der Waals surface area contributed by atoms with Gasteiger partial charge in [0.1, 0.15) is 0 Å². The number of thiol groups is 1. The first-order chi connectivity index (χ1) is 5.83. The van der Waals surface area contributed by atoms with Crippen LogP contribution in [-0.4, -0.2) is 5.75 Å². The molecule has 0 amide bonds. The third kappa shape index (κ3) is 3.14. The highest BCUT2D eigenvalue weighted by molar-refractivity contribution is 7.80. The van der Waals surface area contributed by atoms with Crippen LogP contribution in [0.5, 0.6) is 0 Å². The van der Waals surface area contributed by atoms with Crippen LogP contribution in [0.15, 0.2) is 30.3 Å². The second-order valence-electron chi connectivity index (χ2n) is 2.83. The van der Waals surface area contributed by atoms with E-state index in [9.17, 15) is 0 Å². The van der Waals surface area contributed by atoms with Crippen LogP contribution in [-0.2, 0) is 0 Å². The van der Waals surface area contributed by atoms with E-state index < -0.39 is 0 Å². The minimum absolute atomic E-state index is 0.919. The molecule has 1 aromatic carbocycles. The Morgan fingerprint density at radius 2 is 2.25 bits per heavy atom. The van der Waals surface area contributed by atoms with E-state index in [0.717, 1.165) is 12.2 Å². The van der Waals surface area contributed by atoms with Crippen LogP contribution in [0.2, 0.25) is 0 Å². The number of benzene rings is 1. The van der Waals surface area contributed by atoms with Crippen molar-refractivity contribution in [3.8, 4) is 0 Å². The van der Waals surface area contributed by atoms with E-state index in [1.807, 2.05) is 0 Å². The molecule has 0 aliphatic rings. The van der Waals surface area contributed by atoms with E-state index in [4.69, 9.17) is 0 Å². The van der Waals surface area contributed by atoms with Crippen LogP contribution in [0.3, 0.4) is 0 Å². The maximum atomic E-state index is 4.14. The Bertz CT molecular complexity index is 263. The fourth-order valence-electron chi connectivity index (χ4n) is 1.07. The summed E-state index contributed by atoms with van der Waals surface area (Å²) in [6.07, 6.45) is 5.34. The first kappa shape index (κ1) is 9.40. The lowest BCUT2D eigenvalue weighted by Gasteiger charge is -1.94. The molecule has 64 valence electrons. The van der Waals surface area contributed by atoms with E-state index >= 15 is 0 Å². The number of hydrogen-bond acceptors (Lipinski definition) is 1. The summed E-state index contributed by atoms with van der Waals surface area (Å²) in [6, 6.07) is 8.47. The van der Waals surface area contributed by atoms with Gasteiger partial charge < -0.3 is 0 Å². The van der Waals surface area contributed by atoms with Gasteiger partial charge >= 0.3 is 0 Å². The lowest BCUT2D eigenvalue weighted by molar-refractivity contribution is 1.26. The fourth-order valence-corrected chi connectivity index (χ4v) is 1.22. The van der Waals surface area contributed by atoms with Gasteiger partial charge in [0.05, 0.1) is 0 Å². The van der Waals surface area contributed by atoms with Gasteiger partial charge in [-0.15, -0.1) is 0 Å². The smallest absolute Gasteiger partial charge is 0.00632 e. The van der Waals surface area contributed by atoms with Crippen LogP contribution in [0.4, 0.5) is 0 Å². The van der Waals surface area contributed by atoms with Crippen molar-refractivity contribution in [2.24, 2.45) is 0 Å². The highest BCUT2D eigenvalue weighted by Crippen LogP contribution is 2.06. The van der Waals surface area contributed by atoms with E-state index in [-0.39, 0.29) is 0 Å². The highest BCUT2D eigenvalue weighted by atomic mass is 32.1. The van der Waals surface area contributed by atoms with Crippen molar-refractivity contribution in [3.63, 3.8) is 0 Å². The van der Waals surface area contributed by atoms with E-state index in [1.54, 1.807) is 0 Å². The Morgan fingerprint density at radius 3 is 2.92 bits per heavy atom. The topological polar surface area (TPSA) is 0 Å². The Morgan fingerprint density at radius 1 is 1.42 bits per heavy atom. The van der Waals surface area contributed by atoms with Gasteiger partial charge in [0.2, 0.25) is 0 Å². The SMILES string of the molecule is Cc1cccc(C=CCCS)c1. The zero-order valence-corrected chi connectivity index (χ0v) is 8.22. The molecule has 1 rings (SSSR count). The first-order valence-corrected chi connectivity index (χ1v) is 4.80. The van der Waals surface area contributed by atoms with Crippen molar-refractivity contribution < 1.29 is 0 Å². The molecule has 1 heteroatoms. The van der Waals surface area contributed by atoms with Gasteiger partial charge in [-0.2, -0.15) is 12.6 Å². The molecular weight excluding hydrogens is 164 g/mol. The van der Waals surface area contributed by atoms with Crippen molar-refractivity contribution in [1.29, 1.82) is 0 Å². The Hall–Kier alpha value is -0.690. The Labute approximate surface area is 79.7 Å². The molecule has 1 aromatic rings. The lowest BCUT2D eigenvalue weighted by atomic mass is 10.1.